The summed E-state index contributed by atoms with van der Waals surface area (Å²) in [4.78, 5) is 11.7. The van der Waals surface area contributed by atoms with Crippen LogP contribution in [0.1, 0.15) is 32.1 Å². The van der Waals surface area contributed by atoms with Gasteiger partial charge in [0.05, 0.1) is 0 Å². The second kappa shape index (κ2) is 6.78. The number of halogens is 1. The van der Waals surface area contributed by atoms with Gasteiger partial charge in [0, 0.05) is 29.2 Å². The third-order valence-corrected chi connectivity index (χ3v) is 3.72. The van der Waals surface area contributed by atoms with Crippen LogP contribution in [0, 0.1) is 0 Å². The molecule has 4 heteroatoms. The highest BCUT2D eigenvalue weighted by molar-refractivity contribution is 9.10. The Kier molecular flexibility index (Phi) is 5.05. The minimum absolute atomic E-state index is 0.157. The van der Waals surface area contributed by atoms with Crippen LogP contribution < -0.4 is 10.6 Å². The summed E-state index contributed by atoms with van der Waals surface area (Å²) in [6.07, 6.45) is 5.32. The summed E-state index contributed by atoms with van der Waals surface area (Å²) in [5, 5.41) is 6.34. The molecule has 0 saturated heterocycles. The van der Waals surface area contributed by atoms with E-state index in [1.54, 1.807) is 0 Å². The van der Waals surface area contributed by atoms with Gasteiger partial charge < -0.3 is 10.6 Å². The van der Waals surface area contributed by atoms with E-state index in [1.165, 1.54) is 12.8 Å². The Labute approximate surface area is 116 Å². The van der Waals surface area contributed by atoms with Gasteiger partial charge in [0.25, 0.3) is 0 Å². The molecule has 0 bridgehead atoms. The van der Waals surface area contributed by atoms with Gasteiger partial charge in [0.1, 0.15) is 0 Å². The zero-order valence-corrected chi connectivity index (χ0v) is 12.0. The van der Waals surface area contributed by atoms with Crippen molar-refractivity contribution in [2.24, 2.45) is 0 Å². The molecule has 1 amide bonds. The SMILES string of the molecule is O=C(CCNc1cccc(Br)c1)NC1CCCC1. The normalized spacial score (nSPS) is 15.6. The van der Waals surface area contributed by atoms with Gasteiger partial charge in [-0.15, -0.1) is 0 Å². The summed E-state index contributed by atoms with van der Waals surface area (Å²) < 4.78 is 1.04. The predicted molar refractivity (Wildman–Crippen MR) is 77.6 cm³/mol. The lowest BCUT2D eigenvalue weighted by atomic mass is 10.2. The second-order valence-electron chi connectivity index (χ2n) is 4.74. The minimum atomic E-state index is 0.157. The van der Waals surface area contributed by atoms with Crippen molar-refractivity contribution in [1.82, 2.24) is 5.32 Å². The fourth-order valence-electron chi connectivity index (χ4n) is 2.29. The standard InChI is InChI=1S/C14H19BrN2O/c15-11-4-3-7-13(10-11)16-9-8-14(18)17-12-5-1-2-6-12/h3-4,7,10,12,16H,1-2,5-6,8-9H2,(H,17,18). The summed E-state index contributed by atoms with van der Waals surface area (Å²) in [5.41, 5.74) is 1.04. The van der Waals surface area contributed by atoms with Crippen molar-refractivity contribution in [3.8, 4) is 0 Å². The number of nitrogens with one attached hydrogen (secondary N) is 2. The molecular formula is C14H19BrN2O. The largest absolute Gasteiger partial charge is 0.384 e. The smallest absolute Gasteiger partial charge is 0.221 e. The summed E-state index contributed by atoms with van der Waals surface area (Å²) in [6.45, 7) is 0.676. The molecule has 1 aromatic rings. The molecule has 2 rings (SSSR count). The highest BCUT2D eigenvalue weighted by atomic mass is 79.9. The number of carbonyl (C=O) groups excluding carboxylic acids is 1. The number of carbonyl (C=O) groups is 1. The first-order valence-electron chi connectivity index (χ1n) is 6.53. The summed E-state index contributed by atoms with van der Waals surface area (Å²) in [6, 6.07) is 8.39. The van der Waals surface area contributed by atoms with Crippen LogP contribution in [0.15, 0.2) is 28.7 Å². The van der Waals surface area contributed by atoms with Crippen LogP contribution in [-0.2, 0) is 4.79 Å². The van der Waals surface area contributed by atoms with E-state index in [2.05, 4.69) is 26.6 Å². The fourth-order valence-corrected chi connectivity index (χ4v) is 2.69. The third-order valence-electron chi connectivity index (χ3n) is 3.23. The van der Waals surface area contributed by atoms with Crippen molar-refractivity contribution >= 4 is 27.5 Å². The first kappa shape index (κ1) is 13.4. The Bertz CT molecular complexity index is 403. The predicted octanol–water partition coefficient (Wildman–Crippen LogP) is 3.31. The number of rotatable bonds is 5. The molecule has 1 aliphatic rings. The molecule has 0 aromatic heterocycles. The van der Waals surface area contributed by atoms with Crippen LogP contribution in [-0.4, -0.2) is 18.5 Å². The molecule has 0 heterocycles. The van der Waals surface area contributed by atoms with Crippen molar-refractivity contribution in [3.63, 3.8) is 0 Å². The number of hydrogen-bond donors (Lipinski definition) is 2. The monoisotopic (exact) mass is 310 g/mol. The van der Waals surface area contributed by atoms with Crippen LogP contribution in [0.4, 0.5) is 5.69 Å². The maximum atomic E-state index is 11.7. The lowest BCUT2D eigenvalue weighted by molar-refractivity contribution is -0.121. The van der Waals surface area contributed by atoms with Crippen LogP contribution in [0.5, 0.6) is 0 Å². The van der Waals surface area contributed by atoms with Gasteiger partial charge in [-0.3, -0.25) is 4.79 Å². The Morgan fingerprint density at radius 3 is 2.83 bits per heavy atom. The number of anilines is 1. The molecule has 1 saturated carbocycles. The maximum absolute atomic E-state index is 11.7. The number of amides is 1. The molecule has 1 aromatic carbocycles. The van der Waals surface area contributed by atoms with E-state index < -0.39 is 0 Å². The highest BCUT2D eigenvalue weighted by Crippen LogP contribution is 2.18. The van der Waals surface area contributed by atoms with E-state index in [9.17, 15) is 4.79 Å². The molecule has 2 N–H and O–H groups in total. The van der Waals surface area contributed by atoms with Gasteiger partial charge in [-0.05, 0) is 31.0 Å². The minimum Gasteiger partial charge on any atom is -0.384 e. The topological polar surface area (TPSA) is 41.1 Å². The van der Waals surface area contributed by atoms with Crippen molar-refractivity contribution in [3.05, 3.63) is 28.7 Å². The van der Waals surface area contributed by atoms with E-state index in [4.69, 9.17) is 0 Å². The zero-order chi connectivity index (χ0) is 12.8. The Balaban J connectivity index is 1.66. The summed E-state index contributed by atoms with van der Waals surface area (Å²) in [5.74, 6) is 0.157. The van der Waals surface area contributed by atoms with Gasteiger partial charge in [-0.25, -0.2) is 0 Å². The van der Waals surface area contributed by atoms with Gasteiger partial charge in [0.2, 0.25) is 5.91 Å². The summed E-state index contributed by atoms with van der Waals surface area (Å²) in [7, 11) is 0. The second-order valence-corrected chi connectivity index (χ2v) is 5.65. The Hall–Kier alpha value is -1.03. The molecule has 3 nitrogen and oxygen atoms in total. The van der Waals surface area contributed by atoms with E-state index in [1.807, 2.05) is 24.3 Å². The van der Waals surface area contributed by atoms with E-state index in [0.29, 0.717) is 19.0 Å². The van der Waals surface area contributed by atoms with Crippen molar-refractivity contribution in [2.75, 3.05) is 11.9 Å². The number of benzene rings is 1. The van der Waals surface area contributed by atoms with E-state index in [-0.39, 0.29) is 5.91 Å². The molecule has 18 heavy (non-hydrogen) atoms. The summed E-state index contributed by atoms with van der Waals surface area (Å²) >= 11 is 3.42. The van der Waals surface area contributed by atoms with Crippen molar-refractivity contribution < 1.29 is 4.79 Å². The molecule has 0 spiro atoms. The first-order chi connectivity index (χ1) is 8.74. The average molecular weight is 311 g/mol. The van der Waals surface area contributed by atoms with Gasteiger partial charge in [0.15, 0.2) is 0 Å². The molecule has 98 valence electrons. The Morgan fingerprint density at radius 1 is 1.33 bits per heavy atom. The van der Waals surface area contributed by atoms with Gasteiger partial charge >= 0.3 is 0 Å². The lowest BCUT2D eigenvalue weighted by Crippen LogP contribution is -2.33. The van der Waals surface area contributed by atoms with Crippen molar-refractivity contribution in [1.29, 1.82) is 0 Å². The molecule has 0 atom stereocenters. The van der Waals surface area contributed by atoms with Gasteiger partial charge in [-0.1, -0.05) is 34.8 Å². The third kappa shape index (κ3) is 4.33. The van der Waals surface area contributed by atoms with E-state index in [0.717, 1.165) is 23.0 Å². The highest BCUT2D eigenvalue weighted by Gasteiger charge is 2.16. The van der Waals surface area contributed by atoms with E-state index >= 15 is 0 Å². The first-order valence-corrected chi connectivity index (χ1v) is 7.32. The molecule has 0 radical (unpaired) electrons. The molecule has 1 fully saturated rings. The molecule has 0 unspecified atom stereocenters. The van der Waals surface area contributed by atoms with Crippen LogP contribution in [0.2, 0.25) is 0 Å². The van der Waals surface area contributed by atoms with Crippen LogP contribution in [0.3, 0.4) is 0 Å². The van der Waals surface area contributed by atoms with Crippen molar-refractivity contribution in [2.45, 2.75) is 38.1 Å². The zero-order valence-electron chi connectivity index (χ0n) is 10.4. The maximum Gasteiger partial charge on any atom is 0.221 e. The number of hydrogen-bond acceptors (Lipinski definition) is 2. The molecule has 0 aliphatic heterocycles. The van der Waals surface area contributed by atoms with Crippen LogP contribution in [0.25, 0.3) is 0 Å². The van der Waals surface area contributed by atoms with Crippen LogP contribution >= 0.6 is 15.9 Å². The Morgan fingerprint density at radius 2 is 2.11 bits per heavy atom. The average Bonchev–Trinajstić information content (AvgIpc) is 2.82. The van der Waals surface area contributed by atoms with Gasteiger partial charge in [-0.2, -0.15) is 0 Å². The lowest BCUT2D eigenvalue weighted by Gasteiger charge is -2.12. The molecular weight excluding hydrogens is 292 g/mol. The quantitative estimate of drug-likeness (QED) is 0.876. The fraction of sp³-hybridized carbons (Fsp3) is 0.500. The molecule has 1 aliphatic carbocycles.